The van der Waals surface area contributed by atoms with Crippen LogP contribution in [0.25, 0.3) is 0 Å². The minimum absolute atomic E-state index is 0.258. The van der Waals surface area contributed by atoms with Crippen molar-refractivity contribution in [2.45, 2.75) is 25.6 Å². The monoisotopic (exact) mass is 502 g/mol. The zero-order valence-electron chi connectivity index (χ0n) is 16.1. The van der Waals surface area contributed by atoms with Gasteiger partial charge in [0, 0.05) is 17.0 Å². The number of amidine groups is 1. The van der Waals surface area contributed by atoms with Crippen LogP contribution >= 0.6 is 58.2 Å². The van der Waals surface area contributed by atoms with Crippen molar-refractivity contribution in [2.24, 2.45) is 4.99 Å². The van der Waals surface area contributed by atoms with Gasteiger partial charge in [0.25, 0.3) is 0 Å². The van der Waals surface area contributed by atoms with Crippen LogP contribution in [-0.4, -0.2) is 17.7 Å². The maximum Gasteiger partial charge on any atom is 0.338 e. The summed E-state index contributed by atoms with van der Waals surface area (Å²) in [7, 11) is 0. The van der Waals surface area contributed by atoms with Gasteiger partial charge in [0.05, 0.1) is 32.3 Å². The van der Waals surface area contributed by atoms with Crippen molar-refractivity contribution < 1.29 is 9.53 Å². The van der Waals surface area contributed by atoms with Gasteiger partial charge < -0.3 is 10.1 Å². The van der Waals surface area contributed by atoms with Gasteiger partial charge in [0.2, 0.25) is 0 Å². The van der Waals surface area contributed by atoms with Gasteiger partial charge in [0.15, 0.2) is 5.17 Å². The Morgan fingerprint density at radius 2 is 1.90 bits per heavy atom. The molecule has 30 heavy (non-hydrogen) atoms. The molecule has 1 N–H and O–H groups in total. The molecule has 0 spiro atoms. The third kappa shape index (κ3) is 5.27. The van der Waals surface area contributed by atoms with Crippen molar-refractivity contribution in [3.05, 3.63) is 78.9 Å². The maximum absolute atomic E-state index is 12.6. The van der Waals surface area contributed by atoms with Crippen LogP contribution in [-0.2, 0) is 15.3 Å². The quantitative estimate of drug-likeness (QED) is 0.443. The smallest absolute Gasteiger partial charge is 0.338 e. The second-order valence-electron chi connectivity index (χ2n) is 6.40. The van der Waals surface area contributed by atoms with Crippen molar-refractivity contribution in [1.82, 2.24) is 5.32 Å². The average Bonchev–Trinajstić information content (AvgIpc) is 2.70. The van der Waals surface area contributed by atoms with Gasteiger partial charge in [0.1, 0.15) is 6.04 Å². The highest BCUT2D eigenvalue weighted by Crippen LogP contribution is 2.39. The molecule has 0 saturated heterocycles. The van der Waals surface area contributed by atoms with Gasteiger partial charge in [-0.1, -0.05) is 76.4 Å². The average molecular weight is 504 g/mol. The Bertz CT molecular complexity index is 1040. The number of aliphatic imine (C=N–C) groups is 1. The number of hydrogen-bond donors (Lipinski definition) is 1. The number of thioether (sulfide) groups is 1. The summed E-state index contributed by atoms with van der Waals surface area (Å²) in [6, 6.07) is 10.1. The fraction of sp³-hybridized carbons (Fsp3) is 0.238. The Morgan fingerprint density at radius 3 is 2.60 bits per heavy atom. The van der Waals surface area contributed by atoms with Gasteiger partial charge >= 0.3 is 5.97 Å². The van der Waals surface area contributed by atoms with Gasteiger partial charge in [-0.3, -0.25) is 0 Å². The molecule has 0 bridgehead atoms. The van der Waals surface area contributed by atoms with Crippen LogP contribution in [0.1, 0.15) is 31.0 Å². The number of nitrogens with one attached hydrogen (secondary N) is 1. The molecule has 0 aromatic heterocycles. The Hall–Kier alpha value is -1.37. The molecule has 0 fully saturated rings. The minimum Gasteiger partial charge on any atom is -0.463 e. The first-order chi connectivity index (χ1) is 14.3. The van der Waals surface area contributed by atoms with Crippen LogP contribution in [0.5, 0.6) is 0 Å². The highest BCUT2D eigenvalue weighted by molar-refractivity contribution is 8.13. The number of halogens is 4. The number of ether oxygens (including phenoxy) is 1. The Kier molecular flexibility index (Phi) is 7.99. The number of rotatable bonds is 5. The Labute approximate surface area is 199 Å². The molecule has 1 atom stereocenters. The van der Waals surface area contributed by atoms with Crippen LogP contribution in [0.15, 0.2) is 52.7 Å². The van der Waals surface area contributed by atoms with E-state index in [1.807, 2.05) is 25.1 Å². The second kappa shape index (κ2) is 10.3. The SMILES string of the molecule is CCOC(=O)C1=C(C)NC(SCc2ccc(Cl)c(Cl)c2)=N[C@H]1c1cccc(Cl)c1Cl. The zero-order valence-corrected chi connectivity index (χ0v) is 20.0. The summed E-state index contributed by atoms with van der Waals surface area (Å²) < 4.78 is 5.25. The number of carbonyl (C=O) groups excluding carboxylic acids is 1. The molecule has 0 unspecified atom stereocenters. The number of allylic oxidation sites excluding steroid dienone is 1. The van der Waals surface area contributed by atoms with Crippen molar-refractivity contribution in [1.29, 1.82) is 0 Å². The fourth-order valence-corrected chi connectivity index (χ4v) is 4.55. The molecule has 4 nitrogen and oxygen atoms in total. The first kappa shape index (κ1) is 23.3. The largest absolute Gasteiger partial charge is 0.463 e. The molecule has 0 radical (unpaired) electrons. The summed E-state index contributed by atoms with van der Waals surface area (Å²) in [6.07, 6.45) is 0. The van der Waals surface area contributed by atoms with Crippen molar-refractivity contribution in [3.63, 3.8) is 0 Å². The number of hydrogen-bond acceptors (Lipinski definition) is 5. The molecule has 3 rings (SSSR count). The number of esters is 1. The van der Waals surface area contributed by atoms with Crippen LogP contribution in [0, 0.1) is 0 Å². The third-order valence-corrected chi connectivity index (χ3v) is 6.88. The van der Waals surface area contributed by atoms with Crippen molar-refractivity contribution >= 4 is 69.3 Å². The van der Waals surface area contributed by atoms with E-state index in [2.05, 4.69) is 5.32 Å². The number of carbonyl (C=O) groups is 1. The lowest BCUT2D eigenvalue weighted by Crippen LogP contribution is -2.30. The van der Waals surface area contributed by atoms with Crippen LogP contribution in [0.2, 0.25) is 20.1 Å². The highest BCUT2D eigenvalue weighted by Gasteiger charge is 2.32. The van der Waals surface area contributed by atoms with Gasteiger partial charge in [-0.05, 0) is 37.6 Å². The molecule has 1 aliphatic heterocycles. The molecule has 9 heteroatoms. The number of benzene rings is 2. The molecular formula is C21H18Cl4N2O2S. The van der Waals surface area contributed by atoms with E-state index in [9.17, 15) is 4.79 Å². The molecule has 0 amide bonds. The predicted molar refractivity (Wildman–Crippen MR) is 127 cm³/mol. The summed E-state index contributed by atoms with van der Waals surface area (Å²) in [5.41, 5.74) is 2.69. The van der Waals surface area contributed by atoms with Crippen LogP contribution < -0.4 is 5.32 Å². The van der Waals surface area contributed by atoms with E-state index in [4.69, 9.17) is 56.1 Å². The topological polar surface area (TPSA) is 50.7 Å². The molecule has 1 heterocycles. The summed E-state index contributed by atoms with van der Waals surface area (Å²) in [5.74, 6) is 0.168. The summed E-state index contributed by atoms with van der Waals surface area (Å²) >= 11 is 26.2. The van der Waals surface area contributed by atoms with E-state index in [-0.39, 0.29) is 6.61 Å². The molecule has 0 aliphatic carbocycles. The lowest BCUT2D eigenvalue weighted by atomic mass is 9.96. The Morgan fingerprint density at radius 1 is 1.13 bits per heavy atom. The molecule has 158 valence electrons. The third-order valence-electron chi connectivity index (χ3n) is 4.35. The molecule has 2 aromatic rings. The minimum atomic E-state index is -0.632. The standard InChI is InChI=1S/C21H18Cl4N2O2S/c1-3-29-20(28)17-11(2)26-21(30-10-12-7-8-14(22)16(24)9-12)27-19(17)13-5-4-6-15(23)18(13)25/h4-9,19H,3,10H2,1-2H3,(H,26,27)/t19-/m0/s1. The van der Waals surface area contributed by atoms with E-state index < -0.39 is 12.0 Å². The van der Waals surface area contributed by atoms with Crippen LogP contribution in [0.3, 0.4) is 0 Å². The second-order valence-corrected chi connectivity index (χ2v) is 8.96. The molecule has 0 saturated carbocycles. The van der Waals surface area contributed by atoms with E-state index in [1.54, 1.807) is 25.1 Å². The van der Waals surface area contributed by atoms with Crippen molar-refractivity contribution in [2.75, 3.05) is 6.61 Å². The van der Waals surface area contributed by atoms with E-state index in [0.717, 1.165) is 5.56 Å². The van der Waals surface area contributed by atoms with Crippen LogP contribution in [0.4, 0.5) is 0 Å². The summed E-state index contributed by atoms with van der Waals surface area (Å²) in [4.78, 5) is 17.4. The first-order valence-electron chi connectivity index (χ1n) is 9.05. The summed E-state index contributed by atoms with van der Waals surface area (Å²) in [5, 5.41) is 5.60. The lowest BCUT2D eigenvalue weighted by molar-refractivity contribution is -0.138. The van der Waals surface area contributed by atoms with E-state index in [0.29, 0.717) is 47.8 Å². The first-order valence-corrected chi connectivity index (χ1v) is 11.5. The predicted octanol–water partition coefficient (Wildman–Crippen LogP) is 7.07. The molecule has 2 aromatic carbocycles. The highest BCUT2D eigenvalue weighted by atomic mass is 35.5. The van der Waals surface area contributed by atoms with Gasteiger partial charge in [-0.2, -0.15) is 0 Å². The molecular weight excluding hydrogens is 486 g/mol. The maximum atomic E-state index is 12.6. The number of nitrogens with zero attached hydrogens (tertiary/aromatic N) is 1. The van der Waals surface area contributed by atoms with E-state index in [1.165, 1.54) is 11.8 Å². The van der Waals surface area contributed by atoms with Gasteiger partial charge in [-0.15, -0.1) is 0 Å². The zero-order chi connectivity index (χ0) is 21.8. The normalized spacial score (nSPS) is 16.2. The Balaban J connectivity index is 1.93. The molecule has 1 aliphatic rings. The lowest BCUT2D eigenvalue weighted by Gasteiger charge is -2.26. The van der Waals surface area contributed by atoms with E-state index >= 15 is 0 Å². The van der Waals surface area contributed by atoms with Gasteiger partial charge in [-0.25, -0.2) is 9.79 Å². The fourth-order valence-electron chi connectivity index (χ4n) is 2.93. The van der Waals surface area contributed by atoms with Crippen molar-refractivity contribution in [3.8, 4) is 0 Å². The summed E-state index contributed by atoms with van der Waals surface area (Å²) in [6.45, 7) is 3.83.